The summed E-state index contributed by atoms with van der Waals surface area (Å²) in [6.45, 7) is 4.73. The first-order chi connectivity index (χ1) is 8.82. The number of anilines is 1. The lowest BCUT2D eigenvalue weighted by atomic mass is 10.0. The molecule has 5 nitrogen and oxygen atoms in total. The van der Waals surface area contributed by atoms with Crippen LogP contribution in [0.25, 0.3) is 0 Å². The molecule has 2 unspecified atom stereocenters. The van der Waals surface area contributed by atoms with Crippen molar-refractivity contribution < 1.29 is 19.1 Å². The van der Waals surface area contributed by atoms with E-state index in [9.17, 15) is 14.0 Å². The standard InChI is InChI=1S/C13H17FN2O3/c1-7-5-4-6-10(14)11(7)16-13(19)15-9(3)8(2)12(17)18/h4-6,8-9H,1-3H3,(H,17,18)(H2,15,16,19). The summed E-state index contributed by atoms with van der Waals surface area (Å²) in [7, 11) is 0. The smallest absolute Gasteiger partial charge is 0.319 e. The van der Waals surface area contributed by atoms with Gasteiger partial charge in [0.1, 0.15) is 5.82 Å². The molecule has 1 aromatic carbocycles. The second-order valence-corrected chi connectivity index (χ2v) is 4.45. The number of hydrogen-bond acceptors (Lipinski definition) is 2. The normalized spacial score (nSPS) is 13.5. The maximum Gasteiger partial charge on any atom is 0.319 e. The number of aliphatic carboxylic acids is 1. The molecule has 0 aromatic heterocycles. The van der Waals surface area contributed by atoms with E-state index in [0.29, 0.717) is 5.56 Å². The van der Waals surface area contributed by atoms with Crippen LogP contribution >= 0.6 is 0 Å². The number of carboxylic acid groups (broad SMARTS) is 1. The first-order valence-corrected chi connectivity index (χ1v) is 5.88. The molecule has 0 bridgehead atoms. The first-order valence-electron chi connectivity index (χ1n) is 5.88. The van der Waals surface area contributed by atoms with Crippen molar-refractivity contribution in [3.63, 3.8) is 0 Å². The Kier molecular flexibility index (Phi) is 4.86. The number of para-hydroxylation sites is 1. The maximum atomic E-state index is 13.5. The van der Waals surface area contributed by atoms with Crippen molar-refractivity contribution in [1.29, 1.82) is 0 Å². The van der Waals surface area contributed by atoms with Gasteiger partial charge in [0.05, 0.1) is 11.6 Å². The fourth-order valence-corrected chi connectivity index (χ4v) is 1.49. The Morgan fingerprint density at radius 1 is 1.32 bits per heavy atom. The van der Waals surface area contributed by atoms with E-state index in [1.165, 1.54) is 13.0 Å². The van der Waals surface area contributed by atoms with Crippen LogP contribution in [0, 0.1) is 18.7 Å². The maximum absolute atomic E-state index is 13.5. The van der Waals surface area contributed by atoms with Gasteiger partial charge in [0.2, 0.25) is 0 Å². The molecule has 3 N–H and O–H groups in total. The molecule has 0 spiro atoms. The van der Waals surface area contributed by atoms with Gasteiger partial charge in [0.25, 0.3) is 0 Å². The number of carbonyl (C=O) groups is 2. The van der Waals surface area contributed by atoms with Crippen LogP contribution in [0.2, 0.25) is 0 Å². The number of aryl methyl sites for hydroxylation is 1. The van der Waals surface area contributed by atoms with Gasteiger partial charge in [-0.25, -0.2) is 9.18 Å². The number of amides is 2. The number of urea groups is 1. The lowest BCUT2D eigenvalue weighted by Gasteiger charge is -2.18. The van der Waals surface area contributed by atoms with Crippen LogP contribution in [-0.2, 0) is 4.79 Å². The van der Waals surface area contributed by atoms with E-state index in [0.717, 1.165) is 0 Å². The Bertz CT molecular complexity index is 471. The second kappa shape index (κ2) is 6.17. The van der Waals surface area contributed by atoms with Crippen LogP contribution in [-0.4, -0.2) is 23.1 Å². The predicted octanol–water partition coefficient (Wildman–Crippen LogP) is 2.36. The molecule has 0 heterocycles. The third-order valence-electron chi connectivity index (χ3n) is 2.96. The van der Waals surface area contributed by atoms with E-state index in [2.05, 4.69) is 10.6 Å². The summed E-state index contributed by atoms with van der Waals surface area (Å²) < 4.78 is 13.5. The molecule has 1 aromatic rings. The van der Waals surface area contributed by atoms with Crippen molar-refractivity contribution in [2.75, 3.05) is 5.32 Å². The Morgan fingerprint density at radius 3 is 2.47 bits per heavy atom. The molecular weight excluding hydrogens is 251 g/mol. The monoisotopic (exact) mass is 268 g/mol. The largest absolute Gasteiger partial charge is 0.481 e. The fraction of sp³-hybridized carbons (Fsp3) is 0.385. The Labute approximate surface area is 110 Å². The number of carboxylic acids is 1. The van der Waals surface area contributed by atoms with Crippen LogP contribution in [0.5, 0.6) is 0 Å². The minimum Gasteiger partial charge on any atom is -0.481 e. The molecule has 2 amide bonds. The zero-order valence-electron chi connectivity index (χ0n) is 11.0. The Hall–Kier alpha value is -2.11. The molecule has 0 saturated carbocycles. The molecule has 104 valence electrons. The van der Waals surface area contributed by atoms with Gasteiger partial charge < -0.3 is 15.7 Å². The summed E-state index contributed by atoms with van der Waals surface area (Å²) in [5.74, 6) is -2.27. The third kappa shape index (κ3) is 3.94. The van der Waals surface area contributed by atoms with E-state index >= 15 is 0 Å². The number of nitrogens with one attached hydrogen (secondary N) is 2. The van der Waals surface area contributed by atoms with Gasteiger partial charge >= 0.3 is 12.0 Å². The average molecular weight is 268 g/mol. The molecule has 1 rings (SSSR count). The van der Waals surface area contributed by atoms with Crippen molar-refractivity contribution in [3.05, 3.63) is 29.6 Å². The van der Waals surface area contributed by atoms with Gasteiger partial charge in [-0.05, 0) is 32.4 Å². The van der Waals surface area contributed by atoms with Crippen molar-refractivity contribution >= 4 is 17.7 Å². The van der Waals surface area contributed by atoms with Crippen molar-refractivity contribution in [1.82, 2.24) is 5.32 Å². The minimum absolute atomic E-state index is 0.0928. The fourth-order valence-electron chi connectivity index (χ4n) is 1.49. The van der Waals surface area contributed by atoms with E-state index in [1.807, 2.05) is 0 Å². The lowest BCUT2D eigenvalue weighted by molar-refractivity contribution is -0.141. The zero-order valence-corrected chi connectivity index (χ0v) is 11.0. The van der Waals surface area contributed by atoms with Crippen molar-refractivity contribution in [3.8, 4) is 0 Å². The van der Waals surface area contributed by atoms with Gasteiger partial charge in [-0.1, -0.05) is 12.1 Å². The summed E-state index contributed by atoms with van der Waals surface area (Å²) in [5.41, 5.74) is 0.685. The summed E-state index contributed by atoms with van der Waals surface area (Å²) in [6, 6.07) is 3.26. The average Bonchev–Trinajstić information content (AvgIpc) is 2.32. The molecule has 0 aliphatic carbocycles. The highest BCUT2D eigenvalue weighted by atomic mass is 19.1. The highest BCUT2D eigenvalue weighted by Gasteiger charge is 2.21. The highest BCUT2D eigenvalue weighted by Crippen LogP contribution is 2.18. The molecule has 0 saturated heterocycles. The lowest BCUT2D eigenvalue weighted by Crippen LogP contribution is -2.42. The molecule has 2 atom stereocenters. The van der Waals surface area contributed by atoms with Crippen molar-refractivity contribution in [2.45, 2.75) is 26.8 Å². The van der Waals surface area contributed by atoms with Gasteiger partial charge in [-0.2, -0.15) is 0 Å². The van der Waals surface area contributed by atoms with Crippen molar-refractivity contribution in [2.24, 2.45) is 5.92 Å². The second-order valence-electron chi connectivity index (χ2n) is 4.45. The summed E-state index contributed by atoms with van der Waals surface area (Å²) in [6.07, 6.45) is 0. The molecule has 0 radical (unpaired) electrons. The third-order valence-corrected chi connectivity index (χ3v) is 2.96. The number of rotatable bonds is 4. The van der Waals surface area contributed by atoms with Crippen LogP contribution in [0.1, 0.15) is 19.4 Å². The molecular formula is C13H17FN2O3. The van der Waals surface area contributed by atoms with Gasteiger partial charge in [0, 0.05) is 6.04 Å². The molecule has 6 heteroatoms. The Morgan fingerprint density at radius 2 is 1.95 bits per heavy atom. The number of halogens is 1. The predicted molar refractivity (Wildman–Crippen MR) is 69.6 cm³/mol. The van der Waals surface area contributed by atoms with Gasteiger partial charge in [-0.3, -0.25) is 4.79 Å². The zero-order chi connectivity index (χ0) is 14.6. The number of carbonyl (C=O) groups excluding carboxylic acids is 1. The summed E-state index contributed by atoms with van der Waals surface area (Å²) in [5, 5.41) is 13.7. The quantitative estimate of drug-likeness (QED) is 0.784. The summed E-state index contributed by atoms with van der Waals surface area (Å²) in [4.78, 5) is 22.4. The molecule has 0 aliphatic heterocycles. The molecule has 0 fully saturated rings. The summed E-state index contributed by atoms with van der Waals surface area (Å²) >= 11 is 0. The first kappa shape index (κ1) is 14.9. The minimum atomic E-state index is -1.00. The van der Waals surface area contributed by atoms with Gasteiger partial charge in [0.15, 0.2) is 0 Å². The highest BCUT2D eigenvalue weighted by molar-refractivity contribution is 5.90. The number of benzene rings is 1. The number of hydrogen-bond donors (Lipinski definition) is 3. The van der Waals surface area contributed by atoms with Crippen LogP contribution in [0.4, 0.5) is 14.9 Å². The SMILES string of the molecule is Cc1cccc(F)c1NC(=O)NC(C)C(C)C(=O)O. The van der Waals surface area contributed by atoms with E-state index in [4.69, 9.17) is 5.11 Å². The van der Waals surface area contributed by atoms with E-state index in [1.54, 1.807) is 26.0 Å². The Balaban J connectivity index is 2.68. The van der Waals surface area contributed by atoms with Gasteiger partial charge in [-0.15, -0.1) is 0 Å². The van der Waals surface area contributed by atoms with E-state index in [-0.39, 0.29) is 5.69 Å². The molecule has 19 heavy (non-hydrogen) atoms. The van der Waals surface area contributed by atoms with E-state index < -0.39 is 29.8 Å². The van der Waals surface area contributed by atoms with Crippen LogP contribution in [0.15, 0.2) is 18.2 Å². The topological polar surface area (TPSA) is 78.4 Å². The molecule has 0 aliphatic rings. The van der Waals surface area contributed by atoms with Crippen LogP contribution in [0.3, 0.4) is 0 Å². The van der Waals surface area contributed by atoms with Crippen LogP contribution < -0.4 is 10.6 Å².